The number of hydrogen-bond donors (Lipinski definition) is 1. The van der Waals surface area contributed by atoms with Gasteiger partial charge in [0.25, 0.3) is 0 Å². The maximum Gasteiger partial charge on any atom is 0.322 e. The number of fused-ring (bicyclic) bond motifs is 1. The Balaban J connectivity index is 1.70. The van der Waals surface area contributed by atoms with Crippen molar-refractivity contribution in [1.82, 2.24) is 0 Å². The molecule has 4 heteroatoms. The van der Waals surface area contributed by atoms with Crippen molar-refractivity contribution in [2.45, 2.75) is 38.1 Å². The number of methoxy groups -OCH3 is 1. The molecule has 1 aromatic rings. The molecule has 2 N–H and O–H groups in total. The van der Waals surface area contributed by atoms with Crippen molar-refractivity contribution in [2.75, 3.05) is 25.1 Å². The molecule has 1 aliphatic carbocycles. The predicted molar refractivity (Wildman–Crippen MR) is 83.4 cm³/mol. The van der Waals surface area contributed by atoms with E-state index in [2.05, 4.69) is 23.1 Å². The topological polar surface area (TPSA) is 55.6 Å². The van der Waals surface area contributed by atoms with Crippen molar-refractivity contribution in [3.05, 3.63) is 29.3 Å². The summed E-state index contributed by atoms with van der Waals surface area (Å²) in [6.07, 6.45) is 5.97. The summed E-state index contributed by atoms with van der Waals surface area (Å²) in [6, 6.07) is 6.33. The van der Waals surface area contributed by atoms with Crippen molar-refractivity contribution in [3.63, 3.8) is 0 Å². The zero-order valence-electron chi connectivity index (χ0n) is 12.7. The average Bonchev–Trinajstić information content (AvgIpc) is 3.02. The van der Waals surface area contributed by atoms with Gasteiger partial charge >= 0.3 is 5.97 Å². The van der Waals surface area contributed by atoms with Crippen LogP contribution < -0.4 is 10.6 Å². The Morgan fingerprint density at radius 1 is 1.33 bits per heavy atom. The van der Waals surface area contributed by atoms with E-state index in [1.165, 1.54) is 49.6 Å². The Kier molecular flexibility index (Phi) is 4.15. The van der Waals surface area contributed by atoms with Gasteiger partial charge in [0, 0.05) is 24.7 Å². The summed E-state index contributed by atoms with van der Waals surface area (Å²) in [5.41, 5.74) is 10.3. The third-order valence-electron chi connectivity index (χ3n) is 4.90. The SMILES string of the molecule is COC(=O)C(N)C1CCN(c2ccc3c(c2)CCCC3)C1. The van der Waals surface area contributed by atoms with Crippen molar-refractivity contribution < 1.29 is 9.53 Å². The van der Waals surface area contributed by atoms with Gasteiger partial charge in [-0.3, -0.25) is 4.79 Å². The Morgan fingerprint density at radius 3 is 2.86 bits per heavy atom. The molecule has 21 heavy (non-hydrogen) atoms. The van der Waals surface area contributed by atoms with Gasteiger partial charge in [-0.2, -0.15) is 0 Å². The van der Waals surface area contributed by atoms with Crippen LogP contribution in [0.25, 0.3) is 0 Å². The molecule has 1 fully saturated rings. The second-order valence-corrected chi connectivity index (χ2v) is 6.20. The number of esters is 1. The predicted octanol–water partition coefficient (Wildman–Crippen LogP) is 1.89. The van der Waals surface area contributed by atoms with Gasteiger partial charge in [-0.05, 0) is 55.4 Å². The number of hydrogen-bond acceptors (Lipinski definition) is 4. The fraction of sp³-hybridized carbons (Fsp3) is 0.588. The number of rotatable bonds is 3. The summed E-state index contributed by atoms with van der Waals surface area (Å²) in [4.78, 5) is 13.9. The minimum absolute atomic E-state index is 0.188. The Bertz CT molecular complexity index is 530. The van der Waals surface area contributed by atoms with Gasteiger partial charge in [0.1, 0.15) is 6.04 Å². The third kappa shape index (κ3) is 2.91. The Hall–Kier alpha value is -1.55. The molecule has 1 saturated heterocycles. The van der Waals surface area contributed by atoms with E-state index in [1.54, 1.807) is 0 Å². The molecule has 1 aromatic carbocycles. The molecule has 4 nitrogen and oxygen atoms in total. The second kappa shape index (κ2) is 6.06. The van der Waals surface area contributed by atoms with Crippen molar-refractivity contribution in [1.29, 1.82) is 0 Å². The molecule has 1 aliphatic heterocycles. The highest BCUT2D eigenvalue weighted by Crippen LogP contribution is 2.30. The van der Waals surface area contributed by atoms with E-state index in [4.69, 9.17) is 10.5 Å². The summed E-state index contributed by atoms with van der Waals surface area (Å²) < 4.78 is 4.76. The van der Waals surface area contributed by atoms with Crippen LogP contribution in [0.1, 0.15) is 30.4 Å². The molecule has 0 radical (unpaired) electrons. The van der Waals surface area contributed by atoms with Gasteiger partial charge < -0.3 is 15.4 Å². The highest BCUT2D eigenvalue weighted by Gasteiger charge is 2.32. The number of carbonyl (C=O) groups excluding carboxylic acids is 1. The van der Waals surface area contributed by atoms with Crippen LogP contribution >= 0.6 is 0 Å². The average molecular weight is 288 g/mol. The van der Waals surface area contributed by atoms with Crippen LogP contribution in [0.4, 0.5) is 5.69 Å². The first-order valence-corrected chi connectivity index (χ1v) is 7.89. The van der Waals surface area contributed by atoms with Crippen LogP contribution in [0.3, 0.4) is 0 Å². The zero-order chi connectivity index (χ0) is 14.8. The van der Waals surface area contributed by atoms with Crippen LogP contribution in [0.5, 0.6) is 0 Å². The van der Waals surface area contributed by atoms with Crippen LogP contribution in [0.2, 0.25) is 0 Å². The van der Waals surface area contributed by atoms with E-state index in [0.29, 0.717) is 0 Å². The first-order chi connectivity index (χ1) is 10.2. The molecule has 2 unspecified atom stereocenters. The minimum atomic E-state index is -0.502. The molecule has 0 bridgehead atoms. The number of benzene rings is 1. The molecule has 114 valence electrons. The quantitative estimate of drug-likeness (QED) is 0.863. The van der Waals surface area contributed by atoms with Gasteiger partial charge in [-0.1, -0.05) is 6.07 Å². The summed E-state index contributed by atoms with van der Waals surface area (Å²) in [7, 11) is 1.40. The lowest BCUT2D eigenvalue weighted by molar-refractivity contribution is -0.143. The number of nitrogens with two attached hydrogens (primary N) is 1. The molecule has 3 rings (SSSR count). The third-order valence-corrected chi connectivity index (χ3v) is 4.90. The molecule has 0 aromatic heterocycles. The minimum Gasteiger partial charge on any atom is -0.468 e. The maximum absolute atomic E-state index is 11.6. The van der Waals surface area contributed by atoms with Crippen LogP contribution in [0, 0.1) is 5.92 Å². The molecule has 0 spiro atoms. The Morgan fingerprint density at radius 2 is 2.10 bits per heavy atom. The van der Waals surface area contributed by atoms with Gasteiger partial charge in [0.05, 0.1) is 7.11 Å². The lowest BCUT2D eigenvalue weighted by Gasteiger charge is -2.23. The first-order valence-electron chi connectivity index (χ1n) is 7.89. The van der Waals surface area contributed by atoms with E-state index >= 15 is 0 Å². The fourth-order valence-corrected chi connectivity index (χ4v) is 3.56. The summed E-state index contributed by atoms with van der Waals surface area (Å²) in [5, 5.41) is 0. The summed E-state index contributed by atoms with van der Waals surface area (Å²) >= 11 is 0. The lowest BCUT2D eigenvalue weighted by Crippen LogP contribution is -2.40. The van der Waals surface area contributed by atoms with Crippen molar-refractivity contribution in [3.8, 4) is 0 Å². The number of aryl methyl sites for hydroxylation is 2. The normalized spacial score (nSPS) is 22.8. The summed E-state index contributed by atoms with van der Waals surface area (Å²) in [6.45, 7) is 1.81. The number of nitrogens with zero attached hydrogens (tertiary/aromatic N) is 1. The molecule has 0 saturated carbocycles. The molecule has 2 aliphatic rings. The van der Waals surface area contributed by atoms with Crippen LogP contribution in [-0.2, 0) is 22.4 Å². The fourth-order valence-electron chi connectivity index (χ4n) is 3.56. The molecule has 2 atom stereocenters. The van der Waals surface area contributed by atoms with Crippen molar-refractivity contribution >= 4 is 11.7 Å². The molecule has 0 amide bonds. The van der Waals surface area contributed by atoms with E-state index < -0.39 is 6.04 Å². The first kappa shape index (κ1) is 14.4. The van der Waals surface area contributed by atoms with E-state index in [0.717, 1.165) is 19.5 Å². The van der Waals surface area contributed by atoms with E-state index in [-0.39, 0.29) is 11.9 Å². The van der Waals surface area contributed by atoms with Gasteiger partial charge in [0.2, 0.25) is 0 Å². The molecular formula is C17H24N2O2. The van der Waals surface area contributed by atoms with Gasteiger partial charge in [-0.25, -0.2) is 0 Å². The lowest BCUT2D eigenvalue weighted by atomic mass is 9.91. The standard InChI is InChI=1S/C17H24N2O2/c1-21-17(20)16(18)14-8-9-19(11-14)15-7-6-12-4-2-3-5-13(12)10-15/h6-7,10,14,16H,2-5,8-9,11,18H2,1H3. The number of ether oxygens (including phenoxy) is 1. The summed E-state index contributed by atoms with van der Waals surface area (Å²) in [5.74, 6) is -0.110. The van der Waals surface area contributed by atoms with Crippen molar-refractivity contribution in [2.24, 2.45) is 11.7 Å². The van der Waals surface area contributed by atoms with Crippen LogP contribution in [-0.4, -0.2) is 32.2 Å². The molecule has 1 heterocycles. The largest absolute Gasteiger partial charge is 0.468 e. The van der Waals surface area contributed by atoms with E-state index in [9.17, 15) is 4.79 Å². The monoisotopic (exact) mass is 288 g/mol. The van der Waals surface area contributed by atoms with Gasteiger partial charge in [-0.15, -0.1) is 0 Å². The Labute approximate surface area is 126 Å². The highest BCUT2D eigenvalue weighted by molar-refractivity contribution is 5.76. The zero-order valence-corrected chi connectivity index (χ0v) is 12.7. The van der Waals surface area contributed by atoms with Gasteiger partial charge in [0.15, 0.2) is 0 Å². The molecular weight excluding hydrogens is 264 g/mol. The second-order valence-electron chi connectivity index (χ2n) is 6.20. The highest BCUT2D eigenvalue weighted by atomic mass is 16.5. The maximum atomic E-state index is 11.6. The number of anilines is 1. The van der Waals surface area contributed by atoms with E-state index in [1.807, 2.05) is 0 Å². The van der Waals surface area contributed by atoms with Crippen LogP contribution in [0.15, 0.2) is 18.2 Å². The smallest absolute Gasteiger partial charge is 0.322 e. The number of carbonyl (C=O) groups is 1.